The first-order chi connectivity index (χ1) is 63.3. The van der Waals surface area contributed by atoms with Crippen LogP contribution in [0.1, 0.15) is 134 Å². The molecule has 6 aromatic rings. The van der Waals surface area contributed by atoms with E-state index < -0.39 is 223 Å². The van der Waals surface area contributed by atoms with Crippen molar-refractivity contribution >= 4 is 140 Å². The van der Waals surface area contributed by atoms with Crippen LogP contribution >= 0.6 is 11.8 Å². The number of fused-ring (bicyclic) bond motifs is 3. The molecule has 2 fully saturated rings. The van der Waals surface area contributed by atoms with Crippen molar-refractivity contribution in [1.82, 2.24) is 103 Å². The van der Waals surface area contributed by atoms with Crippen LogP contribution in [0.15, 0.2) is 104 Å². The van der Waals surface area contributed by atoms with Gasteiger partial charge in [-0.3, -0.25) is 86.9 Å². The number of aliphatic hydroxyl groups excluding tert-OH is 1. The molecular weight excluding hydrogens is 1740 g/mol. The minimum absolute atomic E-state index is 0.00178. The number of unbranched alkanes of at least 4 members (excludes halogenated alkanes) is 2. The van der Waals surface area contributed by atoms with E-state index >= 15 is 24.0 Å². The number of nitrogens with two attached hydrogens (primary N) is 3. The zero-order valence-corrected chi connectivity index (χ0v) is 77.6. The fourth-order valence-corrected chi connectivity index (χ4v) is 16.9. The molecule has 722 valence electrons. The van der Waals surface area contributed by atoms with Crippen molar-refractivity contribution in [2.24, 2.45) is 23.1 Å². The molecule has 0 saturated carbocycles. The van der Waals surface area contributed by atoms with Crippen LogP contribution in [-0.2, 0) is 107 Å². The molecule has 0 radical (unpaired) electrons. The quantitative estimate of drug-likeness (QED) is 0.0162. The molecule has 2 aliphatic heterocycles. The van der Waals surface area contributed by atoms with Crippen LogP contribution in [0.2, 0.25) is 0 Å². The number of aromatic amines is 3. The van der Waals surface area contributed by atoms with Gasteiger partial charge in [-0.05, 0) is 86.6 Å². The zero-order valence-electron chi connectivity index (χ0n) is 76.8. The lowest BCUT2D eigenvalue weighted by Gasteiger charge is -2.38. The summed E-state index contributed by atoms with van der Waals surface area (Å²) in [6, 6.07) is 3.03. The number of rotatable bonds is 26. The number of carbonyl (C=O) groups excluding carboxylic acids is 17. The highest BCUT2D eigenvalue weighted by Crippen LogP contribution is 2.27. The number of aromatic nitrogens is 4. The van der Waals surface area contributed by atoms with Gasteiger partial charge in [-0.15, -0.1) is 11.8 Å². The van der Waals surface area contributed by atoms with E-state index in [1.807, 2.05) is 13.8 Å². The predicted molar refractivity (Wildman–Crippen MR) is 494 cm³/mol. The summed E-state index contributed by atoms with van der Waals surface area (Å²) < 4.78 is 0. The number of benzene rings is 3. The molecular formula is C90H128N24O18S. The molecule has 3 aromatic heterocycles. The molecule has 5 heterocycles. The second-order valence-corrected chi connectivity index (χ2v) is 35.1. The fourth-order valence-electron chi connectivity index (χ4n) is 16.1. The summed E-state index contributed by atoms with van der Waals surface area (Å²) >= 11 is 0.796. The number of likely N-dealkylation sites (N-methyl/N-ethyl adjacent to an activating group) is 5. The molecule has 13 atom stereocenters. The number of nitrogens with one attached hydrogen (secondary N) is 14. The fraction of sp³-hybridized carbons (Fsp3) is 0.522. The lowest BCUT2D eigenvalue weighted by Crippen LogP contribution is -2.61. The Kier molecular flexibility index (Phi) is 40.1. The van der Waals surface area contributed by atoms with Crippen molar-refractivity contribution in [1.29, 1.82) is 5.41 Å². The third kappa shape index (κ3) is 30.0. The van der Waals surface area contributed by atoms with Gasteiger partial charge in [0.05, 0.1) is 38.2 Å². The summed E-state index contributed by atoms with van der Waals surface area (Å²) in [5.74, 6) is -17.0. The van der Waals surface area contributed by atoms with Crippen molar-refractivity contribution in [3.05, 3.63) is 126 Å². The smallest absolute Gasteiger partial charge is 0.247 e. The average molecular weight is 1870 g/mol. The lowest BCUT2D eigenvalue weighted by molar-refractivity contribution is -0.153. The van der Waals surface area contributed by atoms with Gasteiger partial charge in [0.25, 0.3) is 0 Å². The van der Waals surface area contributed by atoms with Crippen LogP contribution in [0, 0.1) is 11.3 Å². The minimum atomic E-state index is -1.84. The highest BCUT2D eigenvalue weighted by atomic mass is 32.2. The standard InChI is InChI=1S/C90H128N24O18S/c1-11-13-31-69-82(125)103-61(30-22-34-96-90(93)94)79(122)108-68(78(121)99-45-74(92)117)48-133-49-76(119)102-65(37-53-24-16-15-17-25-53)85(128)110(7)52(5)77(120)105-66(41-73(91)116)87(130)114-35-23-33-70(114)83(126)104-63(40-56-44-95-50-100-56)81(124)106-64(36-51(3)4)84(127)109(6)46-75(118)101-62(38-54-42-97-59-28-20-18-26-57(54)59)80(123)107-67(47-115)86(129)113(10)72(39-55-43-98-60-29-21-19-27-58(55)60)89(132)112(9)71(32-14-12-2)88(131)111(69)8/h15-21,24-29,42-44,50-52,61-72,97-98,115H,11-14,22-23,30-41,45-49H2,1-10H3,(H2,91,116)(H2,92,117)(H,95,100)(H,99,121)(H,101,118)(H,102,119)(H,103,125)(H,104,126)(H,105,120)(H,106,124)(H,107,123)(H,108,122)(H4,93,94,96)/t52-,61-,62-,63-,64-,65-,66-,67-,68-,69-,70-,71-,72-/m0/s1. The van der Waals surface area contributed by atoms with E-state index in [-0.39, 0.29) is 89.6 Å². The summed E-state index contributed by atoms with van der Waals surface area (Å²) in [6.45, 7) is 5.95. The van der Waals surface area contributed by atoms with Crippen LogP contribution in [0.4, 0.5) is 0 Å². The van der Waals surface area contributed by atoms with Gasteiger partial charge in [-0.1, -0.05) is 120 Å². The Balaban J connectivity index is 1.19. The maximum Gasteiger partial charge on any atom is 0.247 e. The normalized spacial score (nSPS) is 23.5. The van der Waals surface area contributed by atoms with Crippen molar-refractivity contribution in [3.8, 4) is 0 Å². The number of nitrogens with zero attached hydrogens (tertiary/aromatic N) is 7. The van der Waals surface area contributed by atoms with Gasteiger partial charge in [0.1, 0.15) is 78.5 Å². The number of imidazole rings is 1. The minimum Gasteiger partial charge on any atom is -0.394 e. The molecule has 0 aliphatic carbocycles. The maximum atomic E-state index is 15.9. The van der Waals surface area contributed by atoms with Crippen LogP contribution in [0.25, 0.3) is 21.8 Å². The Labute approximate surface area is 775 Å². The largest absolute Gasteiger partial charge is 0.394 e. The monoisotopic (exact) mass is 1860 g/mol. The summed E-state index contributed by atoms with van der Waals surface area (Å²) in [6.07, 6.45) is 6.08. The summed E-state index contributed by atoms with van der Waals surface area (Å²) in [4.78, 5) is 269. The van der Waals surface area contributed by atoms with Gasteiger partial charge in [-0.25, -0.2) is 4.98 Å². The number of aliphatic hydroxyl groups is 1. The number of H-pyrrole nitrogens is 3. The van der Waals surface area contributed by atoms with Gasteiger partial charge in [0.2, 0.25) is 100 Å². The predicted octanol–water partition coefficient (Wildman–Crippen LogP) is -1.80. The molecule has 43 heteroatoms. The molecule has 8 rings (SSSR count). The Hall–Kier alpha value is -13.5. The molecule has 2 saturated heterocycles. The number of hydrogen-bond acceptors (Lipinski definition) is 21. The third-order valence-corrected chi connectivity index (χ3v) is 24.6. The molecule has 0 spiro atoms. The first-order valence-electron chi connectivity index (χ1n) is 44.6. The Bertz CT molecular complexity index is 5090. The van der Waals surface area contributed by atoms with Crippen LogP contribution in [0.5, 0.6) is 0 Å². The van der Waals surface area contributed by atoms with Gasteiger partial charge in [-0.2, -0.15) is 0 Å². The number of carbonyl (C=O) groups is 17. The lowest BCUT2D eigenvalue weighted by atomic mass is 9.99. The second-order valence-electron chi connectivity index (χ2n) is 34.1. The highest BCUT2D eigenvalue weighted by molar-refractivity contribution is 8.00. The SMILES string of the molecule is CCCC[C@H]1C(=O)N[C@@H](CCCNC(=N)N)C(=O)N[C@H](C(=O)NCC(N)=O)CSCC(=O)N[C@@H](Cc2ccccc2)C(=O)N(C)[C@@H](C)C(=O)N[C@@H](CC(N)=O)C(=O)N2CCC[C@H]2C(=O)N[C@@H](Cc2cnc[nH]2)C(=O)N[C@@H](CC(C)C)C(=O)N(C)CC(=O)N[C@@H](Cc2c[nH]c3ccccc23)C(=O)N[C@@H](CO)C(=O)N(C)[C@@H](Cc2c[nH]c3ccccc23)C(=O)N(C)[C@@H](CCCC)C(=O)N1C. The van der Waals surface area contributed by atoms with Crippen molar-refractivity contribution in [3.63, 3.8) is 0 Å². The Morgan fingerprint density at radius 1 is 0.534 bits per heavy atom. The van der Waals surface area contributed by atoms with Gasteiger partial charge < -0.3 is 120 Å². The van der Waals surface area contributed by atoms with E-state index in [2.05, 4.69) is 73.1 Å². The molecule has 17 amide bonds. The van der Waals surface area contributed by atoms with E-state index in [1.54, 1.807) is 105 Å². The molecule has 2 aliphatic rings. The van der Waals surface area contributed by atoms with E-state index in [0.29, 0.717) is 69.9 Å². The zero-order chi connectivity index (χ0) is 97.4. The number of amides is 17. The van der Waals surface area contributed by atoms with Crippen molar-refractivity contribution in [2.45, 2.75) is 216 Å². The molecule has 133 heavy (non-hydrogen) atoms. The van der Waals surface area contributed by atoms with Crippen LogP contribution in [0.3, 0.4) is 0 Å². The Morgan fingerprint density at radius 2 is 1.08 bits per heavy atom. The molecule has 42 nitrogen and oxygen atoms in total. The first-order valence-corrected chi connectivity index (χ1v) is 45.8. The van der Waals surface area contributed by atoms with Crippen molar-refractivity contribution in [2.75, 3.05) is 79.5 Å². The average Bonchev–Trinajstić information content (AvgIpc) is 1.72. The third-order valence-electron chi connectivity index (χ3n) is 23.6. The summed E-state index contributed by atoms with van der Waals surface area (Å²) in [5.41, 5.74) is 20.1. The van der Waals surface area contributed by atoms with Crippen LogP contribution < -0.4 is 70.4 Å². The highest BCUT2D eigenvalue weighted by Gasteiger charge is 2.45. The van der Waals surface area contributed by atoms with E-state index in [1.165, 1.54) is 64.5 Å². The maximum absolute atomic E-state index is 15.9. The van der Waals surface area contributed by atoms with Crippen LogP contribution in [-0.4, -0.2) is 319 Å². The van der Waals surface area contributed by atoms with E-state index in [0.717, 1.165) is 31.4 Å². The Morgan fingerprint density at radius 3 is 1.68 bits per heavy atom. The van der Waals surface area contributed by atoms with E-state index in [9.17, 15) is 62.6 Å². The molecule has 3 aromatic carbocycles. The number of primary amides is 2. The summed E-state index contributed by atoms with van der Waals surface area (Å²) in [7, 11) is 6.57. The number of thioether (sulfide) groups is 1. The molecule has 0 bridgehead atoms. The second kappa shape index (κ2) is 50.8. The molecule has 0 unspecified atom stereocenters. The number of guanidine groups is 1. The first kappa shape index (κ1) is 105. The number of para-hydroxylation sites is 2. The van der Waals surface area contributed by atoms with Gasteiger partial charge >= 0.3 is 0 Å². The van der Waals surface area contributed by atoms with Gasteiger partial charge in [0.15, 0.2) is 5.96 Å². The number of hydrogen-bond donors (Lipinski definition) is 18. The van der Waals surface area contributed by atoms with Crippen molar-refractivity contribution < 1.29 is 86.6 Å². The van der Waals surface area contributed by atoms with Gasteiger partial charge in [0, 0.05) is 126 Å². The molecule has 21 N–H and O–H groups in total. The van der Waals surface area contributed by atoms with E-state index in [4.69, 9.17) is 22.6 Å². The topological polar surface area (TPSA) is 612 Å². The summed E-state index contributed by atoms with van der Waals surface area (Å²) in [5, 5.41) is 46.9.